The van der Waals surface area contributed by atoms with Crippen LogP contribution in [0.2, 0.25) is 0 Å². The summed E-state index contributed by atoms with van der Waals surface area (Å²) in [6.45, 7) is 2.27. The van der Waals surface area contributed by atoms with E-state index >= 15 is 0 Å². The third-order valence-electron chi connectivity index (χ3n) is 3.10. The third kappa shape index (κ3) is 3.32. The highest BCUT2D eigenvalue weighted by Gasteiger charge is 2.06. The second-order valence-corrected chi connectivity index (χ2v) is 4.53. The second kappa shape index (κ2) is 6.45. The first-order valence-electron chi connectivity index (χ1n) is 6.38. The van der Waals surface area contributed by atoms with E-state index in [0.717, 1.165) is 11.1 Å². The minimum Gasteiger partial charge on any atom is -0.495 e. The molecular formula is C17H14N2O2. The zero-order chi connectivity index (χ0) is 15.2. The number of hydrogen-bond acceptors (Lipinski definition) is 4. The van der Waals surface area contributed by atoms with E-state index in [4.69, 9.17) is 20.0 Å². The van der Waals surface area contributed by atoms with Crippen molar-refractivity contribution in [1.29, 1.82) is 10.5 Å². The molecule has 0 aliphatic heterocycles. The molecule has 2 aromatic rings. The minimum atomic E-state index is 0.345. The Balaban J connectivity index is 2.17. The highest BCUT2D eigenvalue weighted by molar-refractivity contribution is 5.45. The van der Waals surface area contributed by atoms with E-state index in [1.54, 1.807) is 24.3 Å². The average molecular weight is 278 g/mol. The van der Waals surface area contributed by atoms with Gasteiger partial charge in [0.05, 0.1) is 24.3 Å². The standard InChI is InChI=1S/C17H14N2O2/c1-12-3-4-13(9-18)7-16(12)21-11-14-5-6-15(10-19)17(8-14)20-2/h3-8H,11H2,1-2H3. The van der Waals surface area contributed by atoms with Gasteiger partial charge in [0.2, 0.25) is 0 Å². The normalized spacial score (nSPS) is 9.52. The fourth-order valence-corrected chi connectivity index (χ4v) is 1.90. The predicted molar refractivity (Wildman–Crippen MR) is 77.9 cm³/mol. The van der Waals surface area contributed by atoms with Crippen LogP contribution in [0.1, 0.15) is 22.3 Å². The monoisotopic (exact) mass is 278 g/mol. The Morgan fingerprint density at radius 1 is 1.00 bits per heavy atom. The van der Waals surface area contributed by atoms with Crippen molar-refractivity contribution in [2.75, 3.05) is 7.11 Å². The first-order chi connectivity index (χ1) is 10.2. The summed E-state index contributed by atoms with van der Waals surface area (Å²) in [6, 6.07) is 14.8. The Morgan fingerprint density at radius 3 is 2.48 bits per heavy atom. The quantitative estimate of drug-likeness (QED) is 0.860. The van der Waals surface area contributed by atoms with Crippen LogP contribution in [0.3, 0.4) is 0 Å². The topological polar surface area (TPSA) is 66.0 Å². The maximum Gasteiger partial charge on any atom is 0.137 e. The van der Waals surface area contributed by atoms with Crippen molar-refractivity contribution in [1.82, 2.24) is 0 Å². The fourth-order valence-electron chi connectivity index (χ4n) is 1.90. The number of nitrogens with zero attached hydrogens (tertiary/aromatic N) is 2. The van der Waals surface area contributed by atoms with E-state index < -0.39 is 0 Å². The summed E-state index contributed by atoms with van der Waals surface area (Å²) >= 11 is 0. The molecule has 0 radical (unpaired) electrons. The van der Waals surface area contributed by atoms with Crippen molar-refractivity contribution in [2.24, 2.45) is 0 Å². The van der Waals surface area contributed by atoms with Crippen LogP contribution in [0.15, 0.2) is 36.4 Å². The lowest BCUT2D eigenvalue weighted by atomic mass is 10.1. The van der Waals surface area contributed by atoms with Gasteiger partial charge in [0.1, 0.15) is 24.2 Å². The van der Waals surface area contributed by atoms with Gasteiger partial charge < -0.3 is 9.47 Å². The van der Waals surface area contributed by atoms with Gasteiger partial charge in [-0.15, -0.1) is 0 Å². The van der Waals surface area contributed by atoms with Gasteiger partial charge in [-0.25, -0.2) is 0 Å². The highest BCUT2D eigenvalue weighted by atomic mass is 16.5. The van der Waals surface area contributed by atoms with Gasteiger partial charge in [-0.2, -0.15) is 10.5 Å². The lowest BCUT2D eigenvalue weighted by Gasteiger charge is -2.11. The average Bonchev–Trinajstić information content (AvgIpc) is 2.53. The summed E-state index contributed by atoms with van der Waals surface area (Å²) in [4.78, 5) is 0. The first-order valence-corrected chi connectivity index (χ1v) is 6.38. The van der Waals surface area contributed by atoms with Crippen LogP contribution < -0.4 is 9.47 Å². The molecule has 0 heterocycles. The molecule has 0 aliphatic carbocycles. The fraction of sp³-hybridized carbons (Fsp3) is 0.176. The van der Waals surface area contributed by atoms with Gasteiger partial charge in [-0.3, -0.25) is 0 Å². The molecule has 4 nitrogen and oxygen atoms in total. The van der Waals surface area contributed by atoms with Crippen molar-refractivity contribution in [3.8, 4) is 23.6 Å². The molecule has 0 aliphatic rings. The van der Waals surface area contributed by atoms with E-state index in [-0.39, 0.29) is 0 Å². The zero-order valence-corrected chi connectivity index (χ0v) is 11.9. The summed E-state index contributed by atoms with van der Waals surface area (Å²) in [7, 11) is 1.53. The number of benzene rings is 2. The van der Waals surface area contributed by atoms with Gasteiger partial charge >= 0.3 is 0 Å². The molecule has 0 saturated carbocycles. The van der Waals surface area contributed by atoms with Crippen LogP contribution in [-0.4, -0.2) is 7.11 Å². The number of ether oxygens (including phenoxy) is 2. The zero-order valence-electron chi connectivity index (χ0n) is 11.9. The molecule has 104 valence electrons. The molecule has 0 unspecified atom stereocenters. The van der Waals surface area contributed by atoms with Crippen molar-refractivity contribution in [2.45, 2.75) is 13.5 Å². The molecule has 0 amide bonds. The van der Waals surface area contributed by atoms with Crippen LogP contribution >= 0.6 is 0 Å². The predicted octanol–water partition coefficient (Wildman–Crippen LogP) is 3.33. The van der Waals surface area contributed by atoms with E-state index in [1.165, 1.54) is 7.11 Å². The summed E-state index contributed by atoms with van der Waals surface area (Å²) < 4.78 is 10.9. The number of aryl methyl sites for hydroxylation is 1. The van der Waals surface area contributed by atoms with Gasteiger partial charge in [0.15, 0.2) is 0 Å². The number of methoxy groups -OCH3 is 1. The largest absolute Gasteiger partial charge is 0.495 e. The van der Waals surface area contributed by atoms with Crippen LogP contribution in [0.25, 0.3) is 0 Å². The minimum absolute atomic E-state index is 0.345. The van der Waals surface area contributed by atoms with Gasteiger partial charge in [-0.05, 0) is 42.3 Å². The van der Waals surface area contributed by atoms with Crippen LogP contribution in [0, 0.1) is 29.6 Å². The molecular weight excluding hydrogens is 264 g/mol. The Kier molecular flexibility index (Phi) is 4.43. The van der Waals surface area contributed by atoms with Crippen molar-refractivity contribution in [3.05, 3.63) is 58.7 Å². The maximum atomic E-state index is 8.95. The molecule has 0 spiro atoms. The van der Waals surface area contributed by atoms with Gasteiger partial charge in [0.25, 0.3) is 0 Å². The van der Waals surface area contributed by atoms with E-state index in [0.29, 0.717) is 29.2 Å². The molecule has 0 bridgehead atoms. The number of rotatable bonds is 4. The highest BCUT2D eigenvalue weighted by Crippen LogP contribution is 2.23. The smallest absolute Gasteiger partial charge is 0.137 e. The molecule has 4 heteroatoms. The Labute approximate surface area is 123 Å². The lowest BCUT2D eigenvalue weighted by Crippen LogP contribution is -1.99. The summed E-state index contributed by atoms with van der Waals surface area (Å²) in [5.74, 6) is 1.21. The molecule has 2 aromatic carbocycles. The molecule has 0 saturated heterocycles. The lowest BCUT2D eigenvalue weighted by molar-refractivity contribution is 0.303. The number of nitriles is 2. The maximum absolute atomic E-state index is 8.95. The van der Waals surface area contributed by atoms with Crippen LogP contribution in [-0.2, 0) is 6.61 Å². The number of hydrogen-bond donors (Lipinski definition) is 0. The Morgan fingerprint density at radius 2 is 1.81 bits per heavy atom. The van der Waals surface area contributed by atoms with Crippen molar-refractivity contribution >= 4 is 0 Å². The summed E-state index contributed by atoms with van der Waals surface area (Å²) in [5.41, 5.74) is 2.92. The molecule has 21 heavy (non-hydrogen) atoms. The Bertz CT molecular complexity index is 739. The summed E-state index contributed by atoms with van der Waals surface area (Å²) in [6.07, 6.45) is 0. The second-order valence-electron chi connectivity index (χ2n) is 4.53. The van der Waals surface area contributed by atoms with Crippen molar-refractivity contribution < 1.29 is 9.47 Å². The molecule has 0 fully saturated rings. The van der Waals surface area contributed by atoms with E-state index in [1.807, 2.05) is 19.1 Å². The van der Waals surface area contributed by atoms with Crippen LogP contribution in [0.5, 0.6) is 11.5 Å². The van der Waals surface area contributed by atoms with Crippen LogP contribution in [0.4, 0.5) is 0 Å². The van der Waals surface area contributed by atoms with E-state index in [2.05, 4.69) is 12.1 Å². The van der Waals surface area contributed by atoms with Gasteiger partial charge in [0, 0.05) is 0 Å². The molecule has 0 N–H and O–H groups in total. The molecule has 0 aromatic heterocycles. The third-order valence-corrected chi connectivity index (χ3v) is 3.10. The summed E-state index contributed by atoms with van der Waals surface area (Å²) in [5, 5.41) is 17.9. The van der Waals surface area contributed by atoms with Gasteiger partial charge in [-0.1, -0.05) is 12.1 Å². The SMILES string of the molecule is COc1cc(COc2cc(C#N)ccc2C)ccc1C#N. The first kappa shape index (κ1) is 14.4. The van der Waals surface area contributed by atoms with Crippen molar-refractivity contribution in [3.63, 3.8) is 0 Å². The Hall–Kier alpha value is -2.98. The molecule has 2 rings (SSSR count). The molecule has 0 atom stereocenters. The van der Waals surface area contributed by atoms with E-state index in [9.17, 15) is 0 Å².